The molecule has 1 aliphatic heterocycles. The van der Waals surface area contributed by atoms with Crippen molar-refractivity contribution in [3.05, 3.63) is 28.8 Å². The van der Waals surface area contributed by atoms with Crippen LogP contribution in [0.25, 0.3) is 0 Å². The van der Waals surface area contributed by atoms with E-state index in [1.807, 2.05) is 0 Å². The fraction of sp³-hybridized carbons (Fsp3) is 0.444. The molecule has 13 heavy (non-hydrogen) atoms. The molecule has 1 aromatic rings. The van der Waals surface area contributed by atoms with Gasteiger partial charge < -0.3 is 5.32 Å². The predicted octanol–water partition coefficient (Wildman–Crippen LogP) is 2.30. The van der Waals surface area contributed by atoms with E-state index in [2.05, 4.69) is 10.3 Å². The largest absolute Gasteiger partial charge is 0.310 e. The van der Waals surface area contributed by atoms with Crippen molar-refractivity contribution >= 4 is 11.6 Å². The highest BCUT2D eigenvalue weighted by Gasteiger charge is 2.20. The Morgan fingerprint density at radius 1 is 1.62 bits per heavy atom. The van der Waals surface area contributed by atoms with Gasteiger partial charge in [-0.2, -0.15) is 4.39 Å². The summed E-state index contributed by atoms with van der Waals surface area (Å²) in [6, 6.07) is 1.73. The highest BCUT2D eigenvalue weighted by molar-refractivity contribution is 6.30. The number of halogens is 2. The van der Waals surface area contributed by atoms with Gasteiger partial charge in [0, 0.05) is 17.8 Å². The van der Waals surface area contributed by atoms with E-state index in [1.165, 1.54) is 6.20 Å². The smallest absolute Gasteiger partial charge is 0.217 e. The van der Waals surface area contributed by atoms with Gasteiger partial charge in [-0.1, -0.05) is 11.6 Å². The maximum absolute atomic E-state index is 13.2. The Labute approximate surface area is 81.1 Å². The van der Waals surface area contributed by atoms with Crippen LogP contribution in [0.4, 0.5) is 4.39 Å². The SMILES string of the molecule is Fc1ncc(Cl)cc1C1CCCN1. The second kappa shape index (κ2) is 3.60. The molecule has 2 nitrogen and oxygen atoms in total. The number of rotatable bonds is 1. The van der Waals surface area contributed by atoms with Crippen molar-refractivity contribution in [1.29, 1.82) is 0 Å². The lowest BCUT2D eigenvalue weighted by atomic mass is 10.1. The summed E-state index contributed by atoms with van der Waals surface area (Å²) in [5.41, 5.74) is 0.588. The molecule has 1 aromatic heterocycles. The van der Waals surface area contributed by atoms with Gasteiger partial charge in [-0.3, -0.25) is 0 Å². The van der Waals surface area contributed by atoms with Crippen LogP contribution in [-0.4, -0.2) is 11.5 Å². The fourth-order valence-electron chi connectivity index (χ4n) is 1.63. The minimum Gasteiger partial charge on any atom is -0.310 e. The molecule has 0 spiro atoms. The third kappa shape index (κ3) is 1.81. The number of nitrogens with zero attached hydrogens (tertiary/aromatic N) is 1. The lowest BCUT2D eigenvalue weighted by molar-refractivity contribution is 0.528. The van der Waals surface area contributed by atoms with Gasteiger partial charge in [-0.05, 0) is 25.5 Å². The normalized spacial score (nSPS) is 22.2. The molecule has 0 amide bonds. The summed E-state index contributed by atoms with van der Waals surface area (Å²) in [5, 5.41) is 3.69. The highest BCUT2D eigenvalue weighted by Crippen LogP contribution is 2.26. The average molecular weight is 201 g/mol. The van der Waals surface area contributed by atoms with Gasteiger partial charge in [-0.15, -0.1) is 0 Å². The van der Waals surface area contributed by atoms with Gasteiger partial charge in [0.2, 0.25) is 5.95 Å². The van der Waals surface area contributed by atoms with E-state index in [-0.39, 0.29) is 6.04 Å². The van der Waals surface area contributed by atoms with E-state index < -0.39 is 5.95 Å². The highest BCUT2D eigenvalue weighted by atomic mass is 35.5. The second-order valence-corrected chi connectivity index (χ2v) is 3.62. The zero-order chi connectivity index (χ0) is 9.26. The summed E-state index contributed by atoms with van der Waals surface area (Å²) in [6.07, 6.45) is 3.37. The first kappa shape index (κ1) is 8.91. The van der Waals surface area contributed by atoms with Crippen molar-refractivity contribution in [2.24, 2.45) is 0 Å². The summed E-state index contributed by atoms with van der Waals surface area (Å²) in [7, 11) is 0. The van der Waals surface area contributed by atoms with E-state index >= 15 is 0 Å². The summed E-state index contributed by atoms with van der Waals surface area (Å²) >= 11 is 5.74. The third-order valence-corrected chi connectivity index (χ3v) is 2.48. The van der Waals surface area contributed by atoms with Gasteiger partial charge in [-0.25, -0.2) is 4.98 Å². The van der Waals surface area contributed by atoms with Crippen molar-refractivity contribution in [1.82, 2.24) is 10.3 Å². The Hall–Kier alpha value is -0.670. The molecule has 0 bridgehead atoms. The molecule has 2 heterocycles. The Kier molecular flexibility index (Phi) is 2.47. The molecular weight excluding hydrogens is 191 g/mol. The molecule has 1 aliphatic rings. The van der Waals surface area contributed by atoms with Crippen LogP contribution in [0.2, 0.25) is 5.02 Å². The molecule has 4 heteroatoms. The van der Waals surface area contributed by atoms with Gasteiger partial charge in [0.1, 0.15) is 0 Å². The number of pyridine rings is 1. The molecule has 0 aromatic carbocycles. The molecule has 70 valence electrons. The third-order valence-electron chi connectivity index (χ3n) is 2.27. The van der Waals surface area contributed by atoms with Crippen LogP contribution in [0.15, 0.2) is 12.3 Å². The van der Waals surface area contributed by atoms with E-state index in [4.69, 9.17) is 11.6 Å². The first-order valence-electron chi connectivity index (χ1n) is 4.31. The van der Waals surface area contributed by atoms with Crippen molar-refractivity contribution in [3.63, 3.8) is 0 Å². The van der Waals surface area contributed by atoms with Crippen molar-refractivity contribution in [2.75, 3.05) is 6.54 Å². The topological polar surface area (TPSA) is 24.9 Å². The molecule has 1 fully saturated rings. The Balaban J connectivity index is 2.32. The Bertz CT molecular complexity index is 310. The molecule has 1 atom stereocenters. The second-order valence-electron chi connectivity index (χ2n) is 3.18. The van der Waals surface area contributed by atoms with E-state index in [1.54, 1.807) is 6.07 Å². The number of aromatic nitrogens is 1. The maximum Gasteiger partial charge on any atom is 0.217 e. The van der Waals surface area contributed by atoms with Crippen LogP contribution in [-0.2, 0) is 0 Å². The summed E-state index contributed by atoms with van der Waals surface area (Å²) < 4.78 is 13.2. The first-order chi connectivity index (χ1) is 6.27. The van der Waals surface area contributed by atoms with Gasteiger partial charge in [0.25, 0.3) is 0 Å². The molecular formula is C9H10ClFN2. The van der Waals surface area contributed by atoms with Crippen LogP contribution in [0.5, 0.6) is 0 Å². The molecule has 1 unspecified atom stereocenters. The standard InChI is InChI=1S/C9H10ClFN2/c10-6-4-7(9(11)13-5-6)8-2-1-3-12-8/h4-5,8,12H,1-3H2. The van der Waals surface area contributed by atoms with Crippen LogP contribution >= 0.6 is 11.6 Å². The Morgan fingerprint density at radius 2 is 2.46 bits per heavy atom. The number of hydrogen-bond donors (Lipinski definition) is 1. The van der Waals surface area contributed by atoms with E-state index in [0.717, 1.165) is 19.4 Å². The molecule has 0 aliphatic carbocycles. The van der Waals surface area contributed by atoms with E-state index in [0.29, 0.717) is 10.6 Å². The average Bonchev–Trinajstić information content (AvgIpc) is 2.61. The van der Waals surface area contributed by atoms with Crippen LogP contribution in [0.1, 0.15) is 24.4 Å². The first-order valence-corrected chi connectivity index (χ1v) is 4.69. The molecule has 0 radical (unpaired) electrons. The lowest BCUT2D eigenvalue weighted by Crippen LogP contribution is -2.14. The van der Waals surface area contributed by atoms with Crippen LogP contribution in [0, 0.1) is 5.95 Å². The summed E-state index contributed by atoms with van der Waals surface area (Å²) in [4.78, 5) is 3.58. The zero-order valence-electron chi connectivity index (χ0n) is 7.06. The lowest BCUT2D eigenvalue weighted by Gasteiger charge is -2.10. The van der Waals surface area contributed by atoms with Crippen LogP contribution < -0.4 is 5.32 Å². The van der Waals surface area contributed by atoms with Crippen LogP contribution in [0.3, 0.4) is 0 Å². The Morgan fingerprint density at radius 3 is 3.15 bits per heavy atom. The molecule has 2 rings (SSSR count). The number of nitrogens with one attached hydrogen (secondary N) is 1. The maximum atomic E-state index is 13.2. The summed E-state index contributed by atoms with van der Waals surface area (Å²) in [6.45, 7) is 0.941. The monoisotopic (exact) mass is 200 g/mol. The molecule has 0 saturated carbocycles. The van der Waals surface area contributed by atoms with Crippen molar-refractivity contribution in [2.45, 2.75) is 18.9 Å². The van der Waals surface area contributed by atoms with E-state index in [9.17, 15) is 4.39 Å². The van der Waals surface area contributed by atoms with Gasteiger partial charge >= 0.3 is 0 Å². The minimum atomic E-state index is -0.413. The number of hydrogen-bond acceptors (Lipinski definition) is 2. The minimum absolute atomic E-state index is 0.0891. The quantitative estimate of drug-likeness (QED) is 0.704. The zero-order valence-corrected chi connectivity index (χ0v) is 7.81. The van der Waals surface area contributed by atoms with Crippen molar-refractivity contribution in [3.8, 4) is 0 Å². The van der Waals surface area contributed by atoms with Gasteiger partial charge in [0.05, 0.1) is 5.02 Å². The molecule has 1 saturated heterocycles. The van der Waals surface area contributed by atoms with Crippen molar-refractivity contribution < 1.29 is 4.39 Å². The van der Waals surface area contributed by atoms with Gasteiger partial charge in [0.15, 0.2) is 0 Å². The fourth-order valence-corrected chi connectivity index (χ4v) is 1.80. The predicted molar refractivity (Wildman–Crippen MR) is 49.2 cm³/mol. The molecule has 1 N–H and O–H groups in total. The summed E-state index contributed by atoms with van der Waals surface area (Å²) in [5.74, 6) is -0.413.